The molecule has 0 aliphatic heterocycles. The third kappa shape index (κ3) is 3.17. The van der Waals surface area contributed by atoms with Crippen LogP contribution in [0.2, 0.25) is 0 Å². The van der Waals surface area contributed by atoms with Crippen molar-refractivity contribution in [2.75, 3.05) is 6.54 Å². The normalized spacial score (nSPS) is 30.7. The molecule has 1 nitrogen and oxygen atoms in total. The fraction of sp³-hybridized carbons (Fsp3) is 0.647. The fourth-order valence-corrected chi connectivity index (χ4v) is 4.07. The molecule has 0 heterocycles. The van der Waals surface area contributed by atoms with Crippen molar-refractivity contribution in [2.24, 2.45) is 17.8 Å². The van der Waals surface area contributed by atoms with Gasteiger partial charge in [0, 0.05) is 6.04 Å². The highest BCUT2D eigenvalue weighted by atomic mass is 19.1. The Kier molecular flexibility index (Phi) is 3.88. The summed E-state index contributed by atoms with van der Waals surface area (Å²) >= 11 is 0. The maximum absolute atomic E-state index is 13.1. The molecule has 1 aromatic carbocycles. The summed E-state index contributed by atoms with van der Waals surface area (Å²) in [5.74, 6) is 2.78. The number of fused-ring (bicyclic) bond motifs is 2. The van der Waals surface area contributed by atoms with Gasteiger partial charge in [-0.15, -0.1) is 0 Å². The predicted octanol–water partition coefficient (Wildman–Crippen LogP) is 3.78. The van der Waals surface area contributed by atoms with Gasteiger partial charge in [-0.2, -0.15) is 0 Å². The van der Waals surface area contributed by atoms with Crippen molar-refractivity contribution in [2.45, 2.75) is 45.1 Å². The Labute approximate surface area is 115 Å². The Morgan fingerprint density at radius 1 is 1.32 bits per heavy atom. The van der Waals surface area contributed by atoms with Gasteiger partial charge in [0.05, 0.1) is 0 Å². The largest absolute Gasteiger partial charge is 0.314 e. The Hall–Kier alpha value is -0.890. The number of hydrogen-bond acceptors (Lipinski definition) is 1. The summed E-state index contributed by atoms with van der Waals surface area (Å²) in [6.45, 7) is 3.36. The average molecular weight is 261 g/mol. The van der Waals surface area contributed by atoms with Crippen molar-refractivity contribution >= 4 is 0 Å². The lowest BCUT2D eigenvalue weighted by molar-refractivity contribution is 0.308. The van der Waals surface area contributed by atoms with Crippen LogP contribution in [-0.2, 0) is 6.42 Å². The van der Waals surface area contributed by atoms with Crippen molar-refractivity contribution in [1.82, 2.24) is 5.32 Å². The SMILES string of the molecule is CC(Cc1cccc(F)c1)NCC1CC2CCC1C2. The lowest BCUT2D eigenvalue weighted by atomic mass is 9.88. The second kappa shape index (κ2) is 5.62. The van der Waals surface area contributed by atoms with Gasteiger partial charge in [-0.1, -0.05) is 18.6 Å². The average Bonchev–Trinajstić information content (AvgIpc) is 2.98. The van der Waals surface area contributed by atoms with Gasteiger partial charge in [0.2, 0.25) is 0 Å². The van der Waals surface area contributed by atoms with Crippen LogP contribution in [0.4, 0.5) is 4.39 Å². The zero-order valence-corrected chi connectivity index (χ0v) is 11.7. The van der Waals surface area contributed by atoms with Gasteiger partial charge >= 0.3 is 0 Å². The van der Waals surface area contributed by atoms with Crippen LogP contribution in [0.3, 0.4) is 0 Å². The molecule has 19 heavy (non-hydrogen) atoms. The first-order valence-corrected chi connectivity index (χ1v) is 7.68. The highest BCUT2D eigenvalue weighted by Crippen LogP contribution is 2.47. The monoisotopic (exact) mass is 261 g/mol. The Morgan fingerprint density at radius 3 is 2.89 bits per heavy atom. The van der Waals surface area contributed by atoms with E-state index in [-0.39, 0.29) is 5.82 Å². The van der Waals surface area contributed by atoms with E-state index in [0.29, 0.717) is 6.04 Å². The summed E-state index contributed by atoms with van der Waals surface area (Å²) < 4.78 is 13.1. The summed E-state index contributed by atoms with van der Waals surface area (Å²) in [7, 11) is 0. The van der Waals surface area contributed by atoms with E-state index < -0.39 is 0 Å². The van der Waals surface area contributed by atoms with Crippen LogP contribution in [0.5, 0.6) is 0 Å². The minimum atomic E-state index is -0.127. The lowest BCUT2D eigenvalue weighted by Gasteiger charge is -2.24. The molecule has 2 saturated carbocycles. The molecule has 4 atom stereocenters. The van der Waals surface area contributed by atoms with E-state index in [1.807, 2.05) is 6.07 Å². The summed E-state index contributed by atoms with van der Waals surface area (Å²) in [4.78, 5) is 0. The molecule has 4 unspecified atom stereocenters. The third-order valence-corrected chi connectivity index (χ3v) is 5.04. The van der Waals surface area contributed by atoms with E-state index in [1.54, 1.807) is 12.1 Å². The summed E-state index contributed by atoms with van der Waals surface area (Å²) in [6, 6.07) is 7.40. The van der Waals surface area contributed by atoms with E-state index in [1.165, 1.54) is 31.7 Å². The van der Waals surface area contributed by atoms with Crippen LogP contribution in [0, 0.1) is 23.6 Å². The molecule has 0 aromatic heterocycles. The third-order valence-electron chi connectivity index (χ3n) is 5.04. The molecule has 2 aliphatic rings. The van der Waals surface area contributed by atoms with Gasteiger partial charge in [-0.05, 0) is 74.6 Å². The maximum Gasteiger partial charge on any atom is 0.123 e. The zero-order valence-electron chi connectivity index (χ0n) is 11.7. The van der Waals surface area contributed by atoms with E-state index in [9.17, 15) is 4.39 Å². The predicted molar refractivity (Wildman–Crippen MR) is 76.5 cm³/mol. The van der Waals surface area contributed by atoms with Gasteiger partial charge in [0.15, 0.2) is 0 Å². The molecule has 0 amide bonds. The summed E-state index contributed by atoms with van der Waals surface area (Å²) in [5.41, 5.74) is 1.09. The molecule has 3 rings (SSSR count). The maximum atomic E-state index is 13.1. The molecule has 2 bridgehead atoms. The van der Waals surface area contributed by atoms with Gasteiger partial charge < -0.3 is 5.32 Å². The summed E-state index contributed by atoms with van der Waals surface area (Å²) in [6.07, 6.45) is 6.75. The Morgan fingerprint density at radius 2 is 2.21 bits per heavy atom. The second-order valence-corrected chi connectivity index (χ2v) is 6.58. The van der Waals surface area contributed by atoms with Gasteiger partial charge in [-0.3, -0.25) is 0 Å². The quantitative estimate of drug-likeness (QED) is 0.850. The Balaban J connectivity index is 1.45. The van der Waals surface area contributed by atoms with Crippen LogP contribution in [0.1, 0.15) is 38.2 Å². The number of halogens is 1. The number of nitrogens with one attached hydrogen (secondary N) is 1. The molecule has 0 saturated heterocycles. The molecule has 104 valence electrons. The minimum absolute atomic E-state index is 0.127. The van der Waals surface area contributed by atoms with Crippen LogP contribution < -0.4 is 5.32 Å². The van der Waals surface area contributed by atoms with E-state index >= 15 is 0 Å². The molecular formula is C17H24FN. The number of benzene rings is 1. The molecule has 2 fully saturated rings. The van der Waals surface area contributed by atoms with Crippen LogP contribution >= 0.6 is 0 Å². The highest BCUT2D eigenvalue weighted by molar-refractivity contribution is 5.17. The molecule has 1 aromatic rings. The molecule has 0 radical (unpaired) electrons. The standard InChI is InChI=1S/C17H24FN/c1-12(7-13-3-2-4-17(18)10-13)19-11-16-9-14-5-6-15(16)8-14/h2-4,10,12,14-16,19H,5-9,11H2,1H3. The van der Waals surface area contributed by atoms with Crippen molar-refractivity contribution in [1.29, 1.82) is 0 Å². The number of rotatable bonds is 5. The van der Waals surface area contributed by atoms with Gasteiger partial charge in [-0.25, -0.2) is 4.39 Å². The molecular weight excluding hydrogens is 237 g/mol. The first-order valence-electron chi connectivity index (χ1n) is 7.68. The Bertz CT molecular complexity index is 431. The second-order valence-electron chi connectivity index (χ2n) is 6.58. The lowest BCUT2D eigenvalue weighted by Crippen LogP contribution is -2.34. The van der Waals surface area contributed by atoms with Gasteiger partial charge in [0.1, 0.15) is 5.82 Å². The van der Waals surface area contributed by atoms with Crippen LogP contribution in [-0.4, -0.2) is 12.6 Å². The first-order chi connectivity index (χ1) is 9.20. The minimum Gasteiger partial charge on any atom is -0.314 e. The zero-order chi connectivity index (χ0) is 13.2. The smallest absolute Gasteiger partial charge is 0.123 e. The number of hydrogen-bond donors (Lipinski definition) is 1. The van der Waals surface area contributed by atoms with E-state index in [2.05, 4.69) is 12.2 Å². The molecule has 2 aliphatic carbocycles. The van der Waals surface area contributed by atoms with Crippen molar-refractivity contribution in [3.05, 3.63) is 35.6 Å². The summed E-state index contributed by atoms with van der Waals surface area (Å²) in [5, 5.41) is 3.65. The fourth-order valence-electron chi connectivity index (χ4n) is 4.07. The van der Waals surface area contributed by atoms with Crippen molar-refractivity contribution in [3.63, 3.8) is 0 Å². The van der Waals surface area contributed by atoms with E-state index in [4.69, 9.17) is 0 Å². The van der Waals surface area contributed by atoms with E-state index in [0.717, 1.165) is 36.3 Å². The molecule has 1 N–H and O–H groups in total. The molecule has 2 heteroatoms. The van der Waals surface area contributed by atoms with Gasteiger partial charge in [0.25, 0.3) is 0 Å². The van der Waals surface area contributed by atoms with Crippen LogP contribution in [0.15, 0.2) is 24.3 Å². The van der Waals surface area contributed by atoms with Crippen LogP contribution in [0.25, 0.3) is 0 Å². The molecule has 0 spiro atoms. The highest BCUT2D eigenvalue weighted by Gasteiger charge is 2.38. The van der Waals surface area contributed by atoms with Crippen molar-refractivity contribution < 1.29 is 4.39 Å². The van der Waals surface area contributed by atoms with Crippen molar-refractivity contribution in [3.8, 4) is 0 Å². The first kappa shape index (κ1) is 13.1. The topological polar surface area (TPSA) is 12.0 Å².